The molecule has 104 valence electrons. The molecule has 0 bridgehead atoms. The third kappa shape index (κ3) is 3.23. The van der Waals surface area contributed by atoms with E-state index in [4.69, 9.17) is 34.8 Å². The molecule has 0 spiro atoms. The summed E-state index contributed by atoms with van der Waals surface area (Å²) in [6, 6.07) is 4.16. The van der Waals surface area contributed by atoms with Crippen molar-refractivity contribution in [3.63, 3.8) is 0 Å². The minimum atomic E-state index is -0.667. The summed E-state index contributed by atoms with van der Waals surface area (Å²) in [7, 11) is 0. The molecule has 3 nitrogen and oxygen atoms in total. The molecule has 0 aliphatic carbocycles. The van der Waals surface area contributed by atoms with Gasteiger partial charge in [-0.1, -0.05) is 34.8 Å². The molecule has 0 saturated carbocycles. The molecule has 1 aromatic heterocycles. The van der Waals surface area contributed by atoms with Crippen LogP contribution in [-0.2, 0) is 0 Å². The second kappa shape index (κ2) is 6.26. The van der Waals surface area contributed by atoms with Crippen LogP contribution in [0.25, 0.3) is 0 Å². The number of rotatable bonds is 2. The molecule has 2 aromatic rings. The van der Waals surface area contributed by atoms with Gasteiger partial charge in [0.1, 0.15) is 11.0 Å². The molecule has 0 aliphatic heterocycles. The molecule has 0 fully saturated rings. The SMILES string of the molecule is O=C(Nc1ccc(Br)c(Cl)c1Cl)c1cc(F)cnc1Cl. The minimum Gasteiger partial charge on any atom is -0.320 e. The molecule has 0 aliphatic rings. The van der Waals surface area contributed by atoms with Gasteiger partial charge in [-0.3, -0.25) is 4.79 Å². The van der Waals surface area contributed by atoms with E-state index in [-0.39, 0.29) is 26.4 Å². The molecule has 0 unspecified atom stereocenters. The van der Waals surface area contributed by atoms with E-state index < -0.39 is 11.7 Å². The summed E-state index contributed by atoms with van der Waals surface area (Å²) in [4.78, 5) is 15.6. The number of anilines is 1. The van der Waals surface area contributed by atoms with Crippen LogP contribution in [0.15, 0.2) is 28.9 Å². The number of nitrogens with one attached hydrogen (secondary N) is 1. The largest absolute Gasteiger partial charge is 0.320 e. The Bertz CT molecular complexity index is 697. The number of nitrogens with zero attached hydrogens (tertiary/aromatic N) is 1. The van der Waals surface area contributed by atoms with Crippen molar-refractivity contribution in [3.8, 4) is 0 Å². The number of benzene rings is 1. The number of carbonyl (C=O) groups is 1. The molecule has 8 heteroatoms. The highest BCUT2D eigenvalue weighted by Crippen LogP contribution is 2.36. The zero-order valence-electron chi connectivity index (χ0n) is 9.55. The van der Waals surface area contributed by atoms with Gasteiger partial charge in [-0.2, -0.15) is 0 Å². The topological polar surface area (TPSA) is 42.0 Å². The summed E-state index contributed by atoms with van der Waals surface area (Å²) in [5.74, 6) is -1.30. The highest BCUT2D eigenvalue weighted by molar-refractivity contribution is 9.10. The van der Waals surface area contributed by atoms with Crippen molar-refractivity contribution in [2.45, 2.75) is 0 Å². The fraction of sp³-hybridized carbons (Fsp3) is 0. The second-order valence-electron chi connectivity index (χ2n) is 3.67. The third-order valence-electron chi connectivity index (χ3n) is 2.33. The standard InChI is InChI=1S/C12H5BrCl3FN2O/c13-7-1-2-8(10(15)9(7)14)19-12(20)6-3-5(17)4-18-11(6)16/h1-4H,(H,19,20). The van der Waals surface area contributed by atoms with Gasteiger partial charge in [0, 0.05) is 4.47 Å². The van der Waals surface area contributed by atoms with Gasteiger partial charge < -0.3 is 5.32 Å². The lowest BCUT2D eigenvalue weighted by Gasteiger charge is -2.10. The van der Waals surface area contributed by atoms with Crippen LogP contribution in [0, 0.1) is 5.82 Å². The molecule has 20 heavy (non-hydrogen) atoms. The van der Waals surface area contributed by atoms with E-state index in [2.05, 4.69) is 26.2 Å². The van der Waals surface area contributed by atoms with Gasteiger partial charge in [-0.25, -0.2) is 9.37 Å². The first kappa shape index (κ1) is 15.5. The van der Waals surface area contributed by atoms with Gasteiger partial charge in [0.25, 0.3) is 5.91 Å². The molecule has 1 N–H and O–H groups in total. The Hall–Kier alpha value is -0.880. The van der Waals surface area contributed by atoms with E-state index in [1.54, 1.807) is 12.1 Å². The fourth-order valence-electron chi connectivity index (χ4n) is 1.39. The monoisotopic (exact) mass is 396 g/mol. The van der Waals surface area contributed by atoms with Crippen LogP contribution >= 0.6 is 50.7 Å². The number of aromatic nitrogens is 1. The van der Waals surface area contributed by atoms with Crippen LogP contribution in [0.4, 0.5) is 10.1 Å². The lowest BCUT2D eigenvalue weighted by molar-refractivity contribution is 0.102. The first-order chi connectivity index (χ1) is 9.40. The number of hydrogen-bond acceptors (Lipinski definition) is 2. The van der Waals surface area contributed by atoms with Crippen LogP contribution in [0.5, 0.6) is 0 Å². The van der Waals surface area contributed by atoms with Crippen molar-refractivity contribution in [2.24, 2.45) is 0 Å². The molecule has 1 aromatic carbocycles. The summed E-state index contributed by atoms with van der Waals surface area (Å²) in [6.07, 6.45) is 0.919. The minimum absolute atomic E-state index is 0.0956. The average Bonchev–Trinajstić information content (AvgIpc) is 2.42. The fourth-order valence-corrected chi connectivity index (χ4v) is 2.40. The third-order valence-corrected chi connectivity index (χ3v) is 4.41. The van der Waals surface area contributed by atoms with Crippen molar-refractivity contribution >= 4 is 62.3 Å². The van der Waals surface area contributed by atoms with Crippen LogP contribution in [0.1, 0.15) is 10.4 Å². The lowest BCUT2D eigenvalue weighted by Crippen LogP contribution is -2.13. The van der Waals surface area contributed by atoms with Crippen molar-refractivity contribution in [1.29, 1.82) is 0 Å². The van der Waals surface area contributed by atoms with E-state index in [1.165, 1.54) is 0 Å². The van der Waals surface area contributed by atoms with Gasteiger partial charge in [0.2, 0.25) is 0 Å². The maximum absolute atomic E-state index is 13.1. The Morgan fingerprint density at radius 2 is 1.95 bits per heavy atom. The number of hydrogen-bond donors (Lipinski definition) is 1. The van der Waals surface area contributed by atoms with Crippen LogP contribution < -0.4 is 5.32 Å². The molecule has 1 heterocycles. The average molecular weight is 398 g/mol. The normalized spacial score (nSPS) is 10.4. The van der Waals surface area contributed by atoms with Crippen molar-refractivity contribution in [3.05, 3.63) is 55.4 Å². The molecular formula is C12H5BrCl3FN2O. The van der Waals surface area contributed by atoms with Crippen LogP contribution in [0.3, 0.4) is 0 Å². The Kier molecular flexibility index (Phi) is 4.86. The van der Waals surface area contributed by atoms with E-state index in [0.29, 0.717) is 4.47 Å². The maximum Gasteiger partial charge on any atom is 0.258 e. The summed E-state index contributed by atoms with van der Waals surface area (Å²) >= 11 is 20.9. The molecular weight excluding hydrogens is 393 g/mol. The van der Waals surface area contributed by atoms with E-state index in [9.17, 15) is 9.18 Å². The van der Waals surface area contributed by atoms with Crippen molar-refractivity contribution < 1.29 is 9.18 Å². The maximum atomic E-state index is 13.1. The van der Waals surface area contributed by atoms with Crippen molar-refractivity contribution in [1.82, 2.24) is 4.98 Å². The van der Waals surface area contributed by atoms with Gasteiger partial charge in [0.15, 0.2) is 0 Å². The highest BCUT2D eigenvalue weighted by Gasteiger charge is 2.16. The van der Waals surface area contributed by atoms with Crippen LogP contribution in [-0.4, -0.2) is 10.9 Å². The summed E-state index contributed by atoms with van der Waals surface area (Å²) in [5, 5.41) is 2.81. The molecule has 0 atom stereocenters. The second-order valence-corrected chi connectivity index (χ2v) is 5.64. The van der Waals surface area contributed by atoms with Crippen molar-refractivity contribution in [2.75, 3.05) is 5.32 Å². The first-order valence-corrected chi connectivity index (χ1v) is 7.08. The molecule has 0 radical (unpaired) electrons. The van der Waals surface area contributed by atoms with Gasteiger partial charge in [0.05, 0.1) is 27.5 Å². The predicted molar refractivity (Wildman–Crippen MR) is 81.3 cm³/mol. The van der Waals surface area contributed by atoms with E-state index >= 15 is 0 Å². The summed E-state index contributed by atoms with van der Waals surface area (Å²) < 4.78 is 13.7. The van der Waals surface area contributed by atoms with E-state index in [0.717, 1.165) is 12.3 Å². The quantitative estimate of drug-likeness (QED) is 0.558. The molecule has 0 saturated heterocycles. The highest BCUT2D eigenvalue weighted by atomic mass is 79.9. The summed E-state index contributed by atoms with van der Waals surface area (Å²) in [5.41, 5.74) is 0.187. The lowest BCUT2D eigenvalue weighted by atomic mass is 10.2. The van der Waals surface area contributed by atoms with E-state index in [1.807, 2.05) is 0 Å². The van der Waals surface area contributed by atoms with Gasteiger partial charge >= 0.3 is 0 Å². The molecule has 2 rings (SSSR count). The molecule has 1 amide bonds. The first-order valence-electron chi connectivity index (χ1n) is 5.16. The van der Waals surface area contributed by atoms with Gasteiger partial charge in [-0.15, -0.1) is 0 Å². The van der Waals surface area contributed by atoms with Crippen LogP contribution in [0.2, 0.25) is 15.2 Å². The number of carbonyl (C=O) groups excluding carboxylic acids is 1. The predicted octanol–water partition coefficient (Wildman–Crippen LogP) is 5.20. The zero-order chi connectivity index (χ0) is 14.9. The Labute approximate surface area is 137 Å². The smallest absolute Gasteiger partial charge is 0.258 e. The summed E-state index contributed by atoms with van der Waals surface area (Å²) in [6.45, 7) is 0. The number of pyridine rings is 1. The Morgan fingerprint density at radius 1 is 1.25 bits per heavy atom. The zero-order valence-corrected chi connectivity index (χ0v) is 13.4. The Balaban J connectivity index is 2.33. The van der Waals surface area contributed by atoms with Gasteiger partial charge in [-0.05, 0) is 34.1 Å². The number of halogens is 5. The Morgan fingerprint density at radius 3 is 2.65 bits per heavy atom. The number of amides is 1.